The molecule has 1 fully saturated rings. The Balaban J connectivity index is 1.78. The molecule has 1 saturated heterocycles. The van der Waals surface area contributed by atoms with Crippen molar-refractivity contribution in [1.29, 1.82) is 0 Å². The number of nitrogens with one attached hydrogen (secondary N) is 2. The van der Waals surface area contributed by atoms with Gasteiger partial charge in [0.25, 0.3) is 5.91 Å². The van der Waals surface area contributed by atoms with Crippen LogP contribution >= 0.6 is 11.3 Å². The van der Waals surface area contributed by atoms with Crippen LogP contribution in [0, 0.1) is 13.8 Å². The Kier molecular flexibility index (Phi) is 4.12. The Bertz CT molecular complexity index is 396. The van der Waals surface area contributed by atoms with Gasteiger partial charge in [-0.05, 0) is 39.7 Å². The summed E-state index contributed by atoms with van der Waals surface area (Å²) in [5, 5.41) is 7.35. The second-order valence-electron chi connectivity index (χ2n) is 4.49. The summed E-state index contributed by atoms with van der Waals surface area (Å²) in [6, 6.07) is 0.583. The van der Waals surface area contributed by atoms with Crippen LogP contribution in [0.4, 0.5) is 0 Å². The van der Waals surface area contributed by atoms with Crippen LogP contribution in [-0.2, 0) is 0 Å². The summed E-state index contributed by atoms with van der Waals surface area (Å²) >= 11 is 1.47. The zero-order valence-corrected chi connectivity index (χ0v) is 11.2. The van der Waals surface area contributed by atoms with Gasteiger partial charge in [-0.1, -0.05) is 0 Å². The van der Waals surface area contributed by atoms with Crippen molar-refractivity contribution in [2.45, 2.75) is 39.2 Å². The molecule has 1 aliphatic heterocycles. The van der Waals surface area contributed by atoms with Crippen LogP contribution < -0.4 is 10.6 Å². The molecule has 2 rings (SSSR count). The molecule has 1 aliphatic rings. The number of aryl methyl sites for hydroxylation is 2. The minimum atomic E-state index is 0.0195. The van der Waals surface area contributed by atoms with E-state index < -0.39 is 0 Å². The molecule has 0 saturated carbocycles. The lowest BCUT2D eigenvalue weighted by molar-refractivity contribution is 0.0955. The Morgan fingerprint density at radius 1 is 1.59 bits per heavy atom. The van der Waals surface area contributed by atoms with Gasteiger partial charge in [0.1, 0.15) is 4.88 Å². The van der Waals surface area contributed by atoms with Crippen molar-refractivity contribution < 1.29 is 4.79 Å². The number of rotatable bonds is 4. The minimum absolute atomic E-state index is 0.0195. The van der Waals surface area contributed by atoms with Crippen molar-refractivity contribution in [2.75, 3.05) is 13.1 Å². The third-order valence-electron chi connectivity index (χ3n) is 3.05. The van der Waals surface area contributed by atoms with Gasteiger partial charge in [0.15, 0.2) is 0 Å². The largest absolute Gasteiger partial charge is 0.351 e. The van der Waals surface area contributed by atoms with E-state index in [0.29, 0.717) is 6.04 Å². The molecule has 2 heterocycles. The molecular formula is C12H19N3OS. The lowest BCUT2D eigenvalue weighted by Gasteiger charge is -2.10. The first-order valence-corrected chi connectivity index (χ1v) is 6.94. The normalized spacial score (nSPS) is 19.5. The van der Waals surface area contributed by atoms with Gasteiger partial charge in [-0.25, -0.2) is 4.98 Å². The third kappa shape index (κ3) is 3.26. The summed E-state index contributed by atoms with van der Waals surface area (Å²) in [6.45, 7) is 5.67. The van der Waals surface area contributed by atoms with Crippen molar-refractivity contribution in [2.24, 2.45) is 0 Å². The predicted octanol–water partition coefficient (Wildman–Crippen LogP) is 1.63. The van der Waals surface area contributed by atoms with Gasteiger partial charge in [0, 0.05) is 12.6 Å². The second kappa shape index (κ2) is 5.60. The van der Waals surface area contributed by atoms with Gasteiger partial charge in [-0.15, -0.1) is 11.3 Å². The average molecular weight is 253 g/mol. The van der Waals surface area contributed by atoms with E-state index in [2.05, 4.69) is 15.6 Å². The molecule has 1 aromatic heterocycles. The van der Waals surface area contributed by atoms with Crippen LogP contribution in [0.15, 0.2) is 0 Å². The van der Waals surface area contributed by atoms with E-state index in [0.717, 1.165) is 35.1 Å². The maximum atomic E-state index is 11.9. The van der Waals surface area contributed by atoms with E-state index in [1.807, 2.05) is 13.8 Å². The average Bonchev–Trinajstić information content (AvgIpc) is 2.88. The molecule has 1 aromatic rings. The monoisotopic (exact) mass is 253 g/mol. The van der Waals surface area contributed by atoms with E-state index in [-0.39, 0.29) is 5.91 Å². The van der Waals surface area contributed by atoms with Gasteiger partial charge in [0.05, 0.1) is 10.7 Å². The molecule has 0 aromatic carbocycles. The first kappa shape index (κ1) is 12.5. The fourth-order valence-corrected chi connectivity index (χ4v) is 3.02. The summed E-state index contributed by atoms with van der Waals surface area (Å²) < 4.78 is 0. The van der Waals surface area contributed by atoms with Crippen LogP contribution in [0.5, 0.6) is 0 Å². The SMILES string of the molecule is Cc1nc(C)c(C(=O)NCC[C@H]2CCCN2)s1. The second-order valence-corrected chi connectivity index (χ2v) is 5.69. The van der Waals surface area contributed by atoms with Gasteiger partial charge in [-0.3, -0.25) is 4.79 Å². The Labute approximate surface area is 106 Å². The zero-order chi connectivity index (χ0) is 12.3. The number of aromatic nitrogens is 1. The number of carbonyl (C=O) groups is 1. The molecule has 0 spiro atoms. The lowest BCUT2D eigenvalue weighted by atomic mass is 10.1. The summed E-state index contributed by atoms with van der Waals surface area (Å²) in [7, 11) is 0. The van der Waals surface area contributed by atoms with Gasteiger partial charge in [-0.2, -0.15) is 0 Å². The van der Waals surface area contributed by atoms with E-state index in [4.69, 9.17) is 0 Å². The fraction of sp³-hybridized carbons (Fsp3) is 0.667. The molecule has 1 amide bonds. The van der Waals surface area contributed by atoms with Crippen molar-refractivity contribution >= 4 is 17.2 Å². The highest BCUT2D eigenvalue weighted by atomic mass is 32.1. The molecule has 0 aliphatic carbocycles. The number of carbonyl (C=O) groups excluding carboxylic acids is 1. The van der Waals surface area contributed by atoms with Gasteiger partial charge in [0.2, 0.25) is 0 Å². The first-order chi connectivity index (χ1) is 8.16. The quantitative estimate of drug-likeness (QED) is 0.857. The van der Waals surface area contributed by atoms with Gasteiger partial charge < -0.3 is 10.6 Å². The predicted molar refractivity (Wildman–Crippen MR) is 69.6 cm³/mol. The van der Waals surface area contributed by atoms with E-state index in [1.54, 1.807) is 0 Å². The van der Waals surface area contributed by atoms with Crippen LogP contribution in [0.1, 0.15) is 39.6 Å². The van der Waals surface area contributed by atoms with Crippen LogP contribution in [0.3, 0.4) is 0 Å². The molecule has 0 bridgehead atoms. The van der Waals surface area contributed by atoms with E-state index >= 15 is 0 Å². The van der Waals surface area contributed by atoms with Crippen molar-refractivity contribution in [3.8, 4) is 0 Å². The Hall–Kier alpha value is -0.940. The smallest absolute Gasteiger partial charge is 0.263 e. The summed E-state index contributed by atoms with van der Waals surface area (Å²) in [4.78, 5) is 16.9. The molecule has 4 nitrogen and oxygen atoms in total. The topological polar surface area (TPSA) is 54.0 Å². The molecule has 17 heavy (non-hydrogen) atoms. The summed E-state index contributed by atoms with van der Waals surface area (Å²) in [5.74, 6) is 0.0195. The molecule has 0 unspecified atom stereocenters. The molecular weight excluding hydrogens is 234 g/mol. The van der Waals surface area contributed by atoms with Crippen LogP contribution in [0.2, 0.25) is 0 Å². The summed E-state index contributed by atoms with van der Waals surface area (Å²) in [5.41, 5.74) is 0.837. The minimum Gasteiger partial charge on any atom is -0.351 e. The standard InChI is InChI=1S/C12H19N3OS/c1-8-11(17-9(2)15-8)12(16)14-7-5-10-4-3-6-13-10/h10,13H,3-7H2,1-2H3,(H,14,16)/t10-/m1/s1. The number of amides is 1. The Morgan fingerprint density at radius 3 is 3.00 bits per heavy atom. The highest BCUT2D eigenvalue weighted by Gasteiger charge is 2.16. The molecule has 2 N–H and O–H groups in total. The number of nitrogens with zero attached hydrogens (tertiary/aromatic N) is 1. The van der Waals surface area contributed by atoms with Crippen LogP contribution in [-0.4, -0.2) is 30.0 Å². The lowest BCUT2D eigenvalue weighted by Crippen LogP contribution is -2.30. The molecule has 5 heteroatoms. The maximum absolute atomic E-state index is 11.9. The Morgan fingerprint density at radius 2 is 2.41 bits per heavy atom. The molecule has 0 radical (unpaired) electrons. The third-order valence-corrected chi connectivity index (χ3v) is 4.12. The first-order valence-electron chi connectivity index (χ1n) is 6.12. The zero-order valence-electron chi connectivity index (χ0n) is 10.4. The van der Waals surface area contributed by atoms with Crippen LogP contribution in [0.25, 0.3) is 0 Å². The molecule has 1 atom stereocenters. The molecule has 94 valence electrons. The summed E-state index contributed by atoms with van der Waals surface area (Å²) in [6.07, 6.45) is 3.50. The number of thiazole rings is 1. The van der Waals surface area contributed by atoms with Crippen molar-refractivity contribution in [3.05, 3.63) is 15.6 Å². The van der Waals surface area contributed by atoms with Crippen molar-refractivity contribution in [3.63, 3.8) is 0 Å². The fourth-order valence-electron chi connectivity index (χ4n) is 2.19. The highest BCUT2D eigenvalue weighted by Crippen LogP contribution is 2.16. The number of hydrogen-bond donors (Lipinski definition) is 2. The maximum Gasteiger partial charge on any atom is 0.263 e. The van der Waals surface area contributed by atoms with Crippen molar-refractivity contribution in [1.82, 2.24) is 15.6 Å². The number of hydrogen-bond acceptors (Lipinski definition) is 4. The highest BCUT2D eigenvalue weighted by molar-refractivity contribution is 7.13. The van der Waals surface area contributed by atoms with Gasteiger partial charge >= 0.3 is 0 Å². The van der Waals surface area contributed by atoms with E-state index in [1.165, 1.54) is 24.2 Å². The van der Waals surface area contributed by atoms with E-state index in [9.17, 15) is 4.79 Å².